The van der Waals surface area contributed by atoms with E-state index in [1.165, 1.54) is 72.4 Å². The zero-order chi connectivity index (χ0) is 33.3. The van der Waals surface area contributed by atoms with Crippen molar-refractivity contribution in [1.29, 1.82) is 0 Å². The van der Waals surface area contributed by atoms with Gasteiger partial charge in [-0.05, 0) is 91.5 Å². The van der Waals surface area contributed by atoms with E-state index in [1.807, 2.05) is 0 Å². The highest BCUT2D eigenvalue weighted by Gasteiger charge is 2.39. The number of anilines is 3. The quantitative estimate of drug-likeness (QED) is 0.183. The molecule has 1 nitrogen and oxygen atoms in total. The second-order valence-corrected chi connectivity index (χ2v) is 14.5. The molecule has 1 heteroatoms. The number of rotatable bonds is 5. The van der Waals surface area contributed by atoms with Gasteiger partial charge in [-0.25, -0.2) is 0 Å². The topological polar surface area (TPSA) is 3.24 Å². The van der Waals surface area contributed by atoms with Crippen molar-refractivity contribution >= 4 is 17.1 Å². The van der Waals surface area contributed by atoms with Crippen LogP contribution in [-0.4, -0.2) is 0 Å². The molecule has 0 N–H and O–H groups in total. The Kier molecular flexibility index (Phi) is 6.58. The van der Waals surface area contributed by atoms with E-state index in [9.17, 15) is 0 Å². The summed E-state index contributed by atoms with van der Waals surface area (Å²) < 4.78 is 0. The van der Waals surface area contributed by atoms with Gasteiger partial charge in [0.15, 0.2) is 0 Å². The summed E-state index contributed by atoms with van der Waals surface area (Å²) in [4.78, 5) is 2.48. The first-order chi connectivity index (χ1) is 23.9. The fourth-order valence-corrected chi connectivity index (χ4v) is 8.76. The van der Waals surface area contributed by atoms with Gasteiger partial charge in [0, 0.05) is 27.8 Å². The van der Waals surface area contributed by atoms with Crippen LogP contribution in [0.2, 0.25) is 0 Å². The van der Waals surface area contributed by atoms with Gasteiger partial charge in [0.05, 0.1) is 5.69 Å². The van der Waals surface area contributed by atoms with Crippen molar-refractivity contribution in [2.75, 3.05) is 4.90 Å². The molecule has 0 atom stereocenters. The molecule has 7 aromatic carbocycles. The van der Waals surface area contributed by atoms with Crippen LogP contribution in [0.1, 0.15) is 49.9 Å². The number of para-hydroxylation sites is 1. The second-order valence-electron chi connectivity index (χ2n) is 14.5. The maximum absolute atomic E-state index is 2.48. The third kappa shape index (κ3) is 4.39. The summed E-state index contributed by atoms with van der Waals surface area (Å²) in [5, 5.41) is 0. The molecule has 0 amide bonds. The maximum Gasteiger partial charge on any atom is 0.0546 e. The Bertz CT molecular complexity index is 2380. The number of hydrogen-bond donors (Lipinski definition) is 0. The van der Waals surface area contributed by atoms with Crippen molar-refractivity contribution in [3.8, 4) is 44.5 Å². The van der Waals surface area contributed by atoms with Crippen LogP contribution in [0.15, 0.2) is 164 Å². The van der Waals surface area contributed by atoms with Gasteiger partial charge in [0.1, 0.15) is 0 Å². The van der Waals surface area contributed by atoms with Crippen molar-refractivity contribution in [3.63, 3.8) is 0 Å². The third-order valence-corrected chi connectivity index (χ3v) is 11.1. The number of fused-ring (bicyclic) bond motifs is 6. The third-order valence-electron chi connectivity index (χ3n) is 11.1. The van der Waals surface area contributed by atoms with E-state index < -0.39 is 0 Å². The molecule has 0 heterocycles. The van der Waals surface area contributed by atoms with Gasteiger partial charge in [-0.15, -0.1) is 0 Å². The minimum absolute atomic E-state index is 0.102. The first-order valence-electron chi connectivity index (χ1n) is 17.4. The first-order valence-corrected chi connectivity index (χ1v) is 17.4. The van der Waals surface area contributed by atoms with E-state index in [4.69, 9.17) is 0 Å². The molecular weight excluding hydrogens is 591 g/mol. The summed E-state index contributed by atoms with van der Waals surface area (Å²) in [5.74, 6) is 0. The molecule has 0 bridgehead atoms. The fraction of sp³-hybridized carbons (Fsp3) is 0.125. The molecule has 0 radical (unpaired) electrons. The van der Waals surface area contributed by atoms with Gasteiger partial charge >= 0.3 is 0 Å². The minimum Gasteiger partial charge on any atom is -0.310 e. The summed E-state index contributed by atoms with van der Waals surface area (Å²) >= 11 is 0. The SMILES string of the molecule is CC1(C)c2ccccc2-c2ccc(N(c3ccccc3)c3cccc(-c4ccccc4)c3-c3cccc4c3C(C)(C)c3ccccc3-4)cc21. The lowest BCUT2D eigenvalue weighted by atomic mass is 9.77. The molecule has 0 saturated carbocycles. The van der Waals surface area contributed by atoms with Crippen molar-refractivity contribution in [2.24, 2.45) is 0 Å². The van der Waals surface area contributed by atoms with E-state index in [0.717, 1.165) is 11.4 Å². The Morgan fingerprint density at radius 2 is 0.898 bits per heavy atom. The van der Waals surface area contributed by atoms with Gasteiger partial charge in [0.2, 0.25) is 0 Å². The summed E-state index contributed by atoms with van der Waals surface area (Å²) in [6.07, 6.45) is 0. The Morgan fingerprint density at radius 3 is 1.63 bits per heavy atom. The van der Waals surface area contributed by atoms with Crippen LogP contribution in [0.3, 0.4) is 0 Å². The van der Waals surface area contributed by atoms with Crippen LogP contribution in [0, 0.1) is 0 Å². The van der Waals surface area contributed by atoms with Crippen LogP contribution >= 0.6 is 0 Å². The van der Waals surface area contributed by atoms with E-state index in [-0.39, 0.29) is 10.8 Å². The lowest BCUT2D eigenvalue weighted by molar-refractivity contribution is 0.660. The molecule has 2 aliphatic carbocycles. The van der Waals surface area contributed by atoms with Crippen LogP contribution in [0.4, 0.5) is 17.1 Å². The van der Waals surface area contributed by atoms with Crippen molar-refractivity contribution < 1.29 is 0 Å². The predicted octanol–water partition coefficient (Wildman–Crippen LogP) is 13.1. The van der Waals surface area contributed by atoms with E-state index in [0.29, 0.717) is 0 Å². The molecule has 0 unspecified atom stereocenters. The van der Waals surface area contributed by atoms with Gasteiger partial charge in [-0.2, -0.15) is 0 Å². The van der Waals surface area contributed by atoms with Gasteiger partial charge in [0.25, 0.3) is 0 Å². The lowest BCUT2D eigenvalue weighted by Gasteiger charge is -2.32. The number of hydrogen-bond acceptors (Lipinski definition) is 1. The summed E-state index contributed by atoms with van der Waals surface area (Å²) in [5.41, 5.74) is 19.0. The molecule has 49 heavy (non-hydrogen) atoms. The van der Waals surface area contributed by atoms with Crippen LogP contribution in [0.25, 0.3) is 44.5 Å². The van der Waals surface area contributed by atoms with Crippen molar-refractivity contribution in [3.05, 3.63) is 186 Å². The smallest absolute Gasteiger partial charge is 0.0546 e. The fourth-order valence-electron chi connectivity index (χ4n) is 8.76. The Hall–Kier alpha value is -5.66. The molecule has 0 fully saturated rings. The number of benzene rings is 7. The van der Waals surface area contributed by atoms with E-state index in [1.54, 1.807) is 0 Å². The Morgan fingerprint density at radius 1 is 0.367 bits per heavy atom. The van der Waals surface area contributed by atoms with E-state index in [2.05, 4.69) is 196 Å². The van der Waals surface area contributed by atoms with Crippen molar-refractivity contribution in [1.82, 2.24) is 0 Å². The average molecular weight is 630 g/mol. The normalized spacial score (nSPS) is 14.4. The molecule has 0 aromatic heterocycles. The van der Waals surface area contributed by atoms with Gasteiger partial charge < -0.3 is 4.90 Å². The first kappa shape index (κ1) is 29.5. The predicted molar refractivity (Wildman–Crippen MR) is 207 cm³/mol. The Balaban J connectivity index is 1.35. The maximum atomic E-state index is 2.48. The minimum atomic E-state index is -0.162. The van der Waals surface area contributed by atoms with E-state index >= 15 is 0 Å². The van der Waals surface area contributed by atoms with Crippen LogP contribution < -0.4 is 4.90 Å². The summed E-state index contributed by atoms with van der Waals surface area (Å²) in [7, 11) is 0. The monoisotopic (exact) mass is 629 g/mol. The lowest BCUT2D eigenvalue weighted by Crippen LogP contribution is -2.18. The highest BCUT2D eigenvalue weighted by atomic mass is 15.1. The molecular formula is C48H39N. The molecule has 7 aromatic rings. The summed E-state index contributed by atoms with van der Waals surface area (Å²) in [6.45, 7) is 9.51. The second kappa shape index (κ2) is 10.9. The van der Waals surface area contributed by atoms with Crippen LogP contribution in [-0.2, 0) is 10.8 Å². The van der Waals surface area contributed by atoms with Gasteiger partial charge in [-0.3, -0.25) is 0 Å². The van der Waals surface area contributed by atoms with Gasteiger partial charge in [-0.1, -0.05) is 161 Å². The zero-order valence-corrected chi connectivity index (χ0v) is 28.5. The number of nitrogens with zero attached hydrogens (tertiary/aromatic N) is 1. The average Bonchev–Trinajstić information content (AvgIpc) is 3.52. The molecule has 0 saturated heterocycles. The van der Waals surface area contributed by atoms with Crippen LogP contribution in [0.5, 0.6) is 0 Å². The highest BCUT2D eigenvalue weighted by molar-refractivity contribution is 6.01. The zero-order valence-electron chi connectivity index (χ0n) is 28.5. The molecule has 9 rings (SSSR count). The molecule has 0 aliphatic heterocycles. The molecule has 0 spiro atoms. The molecule has 236 valence electrons. The Labute approximate surface area is 290 Å². The standard InChI is InChI=1S/C48H39N/c1-47(2)41-26-13-11-21-36(41)38-30-29-34(31-43(38)47)49(33-19-9-6-10-20-33)44-28-16-23-35(32-17-7-5-8-18-32)45(44)40-25-15-24-39-37-22-12-14-27-42(37)48(3,4)46(39)40/h5-31H,1-4H3. The molecule has 2 aliphatic rings. The van der Waals surface area contributed by atoms with Crippen molar-refractivity contribution in [2.45, 2.75) is 38.5 Å². The largest absolute Gasteiger partial charge is 0.310 e. The summed E-state index contributed by atoms with van der Waals surface area (Å²) in [6, 6.07) is 60.5. The highest BCUT2D eigenvalue weighted by Crippen LogP contribution is 2.56.